The lowest BCUT2D eigenvalue weighted by Crippen LogP contribution is -2.48. The lowest BCUT2D eigenvalue weighted by Gasteiger charge is -2.39. The van der Waals surface area contributed by atoms with Crippen LogP contribution in [0.15, 0.2) is 0 Å². The molecule has 5 nitrogen and oxygen atoms in total. The van der Waals surface area contributed by atoms with Gasteiger partial charge in [-0.2, -0.15) is 0 Å². The molecule has 0 aromatic carbocycles. The number of nitrogens with one attached hydrogen (secondary N) is 2. The molecule has 2 saturated carbocycles. The summed E-state index contributed by atoms with van der Waals surface area (Å²) in [6.45, 7) is 5.31. The molecule has 6 atom stereocenters. The Kier molecular flexibility index (Phi) is 8.94. The molecule has 3 rings (SSSR count). The maximum Gasteiger partial charge on any atom is 0.112 e. The number of hydrogen-bond acceptors (Lipinski definition) is 6. The summed E-state index contributed by atoms with van der Waals surface area (Å²) in [7, 11) is 4.39. The highest BCUT2D eigenvalue weighted by atomic mass is 32.2. The van der Waals surface area contributed by atoms with Gasteiger partial charge in [0, 0.05) is 23.8 Å². The van der Waals surface area contributed by atoms with Gasteiger partial charge in [0.05, 0.1) is 12.2 Å². The average Bonchev–Trinajstić information content (AvgIpc) is 3.10. The highest BCUT2D eigenvalue weighted by Crippen LogP contribution is 2.47. The van der Waals surface area contributed by atoms with E-state index >= 15 is 0 Å². The summed E-state index contributed by atoms with van der Waals surface area (Å²) in [6.07, 6.45) is 9.51. The van der Waals surface area contributed by atoms with Crippen molar-refractivity contribution in [3.05, 3.63) is 0 Å². The molecule has 0 aromatic rings. The zero-order valence-electron chi connectivity index (χ0n) is 18.4. The van der Waals surface area contributed by atoms with Gasteiger partial charge in [-0.05, 0) is 83.2 Å². The maximum absolute atomic E-state index is 10.3. The van der Waals surface area contributed by atoms with E-state index in [1.807, 2.05) is 0 Å². The molecule has 2 aliphatic carbocycles. The molecule has 3 unspecified atom stereocenters. The first-order valence-corrected chi connectivity index (χ1v) is 12.6. The van der Waals surface area contributed by atoms with Crippen molar-refractivity contribution in [2.45, 2.75) is 94.9 Å². The second-order valence-corrected chi connectivity index (χ2v) is 10.7. The van der Waals surface area contributed by atoms with E-state index in [2.05, 4.69) is 55.2 Å². The molecule has 164 valence electrons. The van der Waals surface area contributed by atoms with Crippen LogP contribution in [0.25, 0.3) is 0 Å². The zero-order chi connectivity index (χ0) is 20.1. The van der Waals surface area contributed by atoms with Crippen molar-refractivity contribution in [3.63, 3.8) is 0 Å². The summed E-state index contributed by atoms with van der Waals surface area (Å²) < 4.78 is 6.71. The zero-order valence-corrected chi connectivity index (χ0v) is 19.2. The van der Waals surface area contributed by atoms with Crippen LogP contribution in [0.3, 0.4) is 0 Å². The molecule has 1 heterocycles. The van der Waals surface area contributed by atoms with Crippen LogP contribution in [-0.4, -0.2) is 66.4 Å². The van der Waals surface area contributed by atoms with Crippen LogP contribution in [0.4, 0.5) is 0 Å². The summed E-state index contributed by atoms with van der Waals surface area (Å²) in [5, 5.41) is 18.2. The summed E-state index contributed by atoms with van der Waals surface area (Å²) >= 11 is 2.08. The average molecular weight is 414 g/mol. The number of ether oxygens (including phenoxy) is 1. The van der Waals surface area contributed by atoms with E-state index in [9.17, 15) is 5.11 Å². The van der Waals surface area contributed by atoms with Gasteiger partial charge in [0.2, 0.25) is 0 Å². The van der Waals surface area contributed by atoms with Gasteiger partial charge in [0.25, 0.3) is 0 Å². The maximum atomic E-state index is 10.3. The van der Waals surface area contributed by atoms with Crippen molar-refractivity contribution in [1.29, 1.82) is 0 Å². The van der Waals surface area contributed by atoms with Crippen LogP contribution in [-0.2, 0) is 4.74 Å². The summed E-state index contributed by atoms with van der Waals surface area (Å²) in [5.41, 5.74) is 0. The van der Waals surface area contributed by atoms with Crippen LogP contribution < -0.4 is 10.6 Å². The van der Waals surface area contributed by atoms with Gasteiger partial charge in [-0.15, -0.1) is 11.8 Å². The minimum absolute atomic E-state index is 0.110. The van der Waals surface area contributed by atoms with E-state index in [-0.39, 0.29) is 12.3 Å². The topological polar surface area (TPSA) is 56.8 Å². The third kappa shape index (κ3) is 5.86. The number of fused-ring (bicyclic) bond motifs is 1. The van der Waals surface area contributed by atoms with Crippen molar-refractivity contribution in [3.8, 4) is 0 Å². The van der Waals surface area contributed by atoms with E-state index in [4.69, 9.17) is 4.74 Å². The standard InChI is InChI=1S/C22H43N3O2S/c1-5-18(26)12-16-6-11-20-21(16)15(2)22(24-13-23-14-28-20)27-19-9-7-17(8-10-19)25(3)4/h15-24,26H,5-14H2,1-4H3/t15?,16-,17?,18-,19?,20?,21-,22?/m1/s1. The van der Waals surface area contributed by atoms with Gasteiger partial charge in [-0.25, -0.2) is 0 Å². The Hall–Kier alpha value is 0.150. The van der Waals surface area contributed by atoms with Gasteiger partial charge < -0.3 is 14.7 Å². The minimum atomic E-state index is -0.152. The molecule has 0 aromatic heterocycles. The van der Waals surface area contributed by atoms with Crippen LogP contribution in [0, 0.1) is 17.8 Å². The predicted molar refractivity (Wildman–Crippen MR) is 118 cm³/mol. The molecule has 3 fully saturated rings. The smallest absolute Gasteiger partial charge is 0.112 e. The predicted octanol–water partition coefficient (Wildman–Crippen LogP) is 3.23. The Morgan fingerprint density at radius 2 is 1.89 bits per heavy atom. The van der Waals surface area contributed by atoms with Crippen molar-refractivity contribution in [1.82, 2.24) is 15.5 Å². The summed E-state index contributed by atoms with van der Waals surface area (Å²) in [6, 6.07) is 0.711. The van der Waals surface area contributed by atoms with Gasteiger partial charge in [0.1, 0.15) is 6.23 Å². The fourth-order valence-corrected chi connectivity index (χ4v) is 7.10. The lowest BCUT2D eigenvalue weighted by molar-refractivity contribution is -0.0908. The van der Waals surface area contributed by atoms with E-state index < -0.39 is 0 Å². The molecule has 0 bridgehead atoms. The molecule has 1 aliphatic heterocycles. The minimum Gasteiger partial charge on any atom is -0.393 e. The first kappa shape index (κ1) is 22.8. The second-order valence-electron chi connectivity index (χ2n) is 9.50. The van der Waals surface area contributed by atoms with Gasteiger partial charge >= 0.3 is 0 Å². The Morgan fingerprint density at radius 1 is 1.14 bits per heavy atom. The molecule has 1 saturated heterocycles. The van der Waals surface area contributed by atoms with Crippen molar-refractivity contribution >= 4 is 11.8 Å². The molecular formula is C22H43N3O2S. The van der Waals surface area contributed by atoms with Crippen LogP contribution >= 0.6 is 11.8 Å². The SMILES string of the molecule is CC[C@@H](O)C[C@H]1CCC2SCNCNC(OC3CCC(N(C)C)CC3)C(C)[C@@H]21. The quantitative estimate of drug-likeness (QED) is 0.622. The molecular weight excluding hydrogens is 370 g/mol. The number of aliphatic hydroxyl groups is 1. The molecule has 0 amide bonds. The Bertz CT molecular complexity index is 459. The third-order valence-corrected chi connectivity index (χ3v) is 8.82. The number of rotatable bonds is 6. The number of hydrogen-bond donors (Lipinski definition) is 3. The summed E-state index contributed by atoms with van der Waals surface area (Å²) in [4.78, 5) is 2.37. The Balaban J connectivity index is 1.64. The molecule has 6 heteroatoms. The molecule has 3 N–H and O–H groups in total. The van der Waals surface area contributed by atoms with E-state index in [0.29, 0.717) is 35.1 Å². The largest absolute Gasteiger partial charge is 0.393 e. The Morgan fingerprint density at radius 3 is 2.57 bits per heavy atom. The van der Waals surface area contributed by atoms with Gasteiger partial charge in [-0.1, -0.05) is 13.8 Å². The van der Waals surface area contributed by atoms with Crippen molar-refractivity contribution < 1.29 is 9.84 Å². The lowest BCUT2D eigenvalue weighted by atomic mass is 9.80. The van der Waals surface area contributed by atoms with Crippen LogP contribution in [0.5, 0.6) is 0 Å². The first-order chi connectivity index (χ1) is 13.5. The molecule has 0 spiro atoms. The molecule has 0 radical (unpaired) electrons. The van der Waals surface area contributed by atoms with E-state index in [1.54, 1.807) is 0 Å². The number of thioether (sulfide) groups is 1. The highest BCUT2D eigenvalue weighted by Gasteiger charge is 2.43. The first-order valence-electron chi connectivity index (χ1n) is 11.5. The van der Waals surface area contributed by atoms with Crippen LogP contribution in [0.1, 0.15) is 65.2 Å². The number of aliphatic hydroxyl groups excluding tert-OH is 1. The van der Waals surface area contributed by atoms with Gasteiger partial charge in [-0.3, -0.25) is 10.6 Å². The monoisotopic (exact) mass is 413 g/mol. The highest BCUT2D eigenvalue weighted by molar-refractivity contribution is 7.99. The summed E-state index contributed by atoms with van der Waals surface area (Å²) in [5.74, 6) is 2.73. The fraction of sp³-hybridized carbons (Fsp3) is 1.00. The Labute approximate surface area is 176 Å². The second kappa shape index (κ2) is 11.0. The van der Waals surface area contributed by atoms with Crippen molar-refractivity contribution in [2.75, 3.05) is 26.6 Å². The normalized spacial score (nSPS) is 41.1. The van der Waals surface area contributed by atoms with Crippen molar-refractivity contribution in [2.24, 2.45) is 17.8 Å². The molecule has 28 heavy (non-hydrogen) atoms. The fourth-order valence-electron chi connectivity index (χ4n) is 5.67. The molecule has 3 aliphatic rings. The van der Waals surface area contributed by atoms with E-state index in [1.165, 1.54) is 38.5 Å². The number of nitrogens with zero attached hydrogens (tertiary/aromatic N) is 1. The third-order valence-electron chi connectivity index (χ3n) is 7.47. The van der Waals surface area contributed by atoms with Gasteiger partial charge in [0.15, 0.2) is 0 Å². The van der Waals surface area contributed by atoms with E-state index in [0.717, 1.165) is 25.4 Å². The van der Waals surface area contributed by atoms with Crippen LogP contribution in [0.2, 0.25) is 0 Å².